The SMILES string of the molecule is CCC(C)(O)OCCC(C)(C)n1cc(CCCC(=O)C(C)(C)C)nn1. The van der Waals surface area contributed by atoms with Gasteiger partial charge in [0, 0.05) is 18.0 Å². The van der Waals surface area contributed by atoms with Gasteiger partial charge in [0.15, 0.2) is 5.79 Å². The molecule has 1 N–H and O–H groups in total. The number of hydrogen-bond acceptors (Lipinski definition) is 5. The second-order valence-electron chi connectivity index (χ2n) is 8.62. The monoisotopic (exact) mass is 353 g/mol. The first-order valence-electron chi connectivity index (χ1n) is 9.19. The summed E-state index contributed by atoms with van der Waals surface area (Å²) in [4.78, 5) is 12.0. The largest absolute Gasteiger partial charge is 0.366 e. The van der Waals surface area contributed by atoms with Crippen LogP contribution in [0.3, 0.4) is 0 Å². The molecule has 25 heavy (non-hydrogen) atoms. The fraction of sp³-hybridized carbons (Fsp3) is 0.842. The number of Topliss-reactive ketones (excluding diaryl/α,β-unsaturated/α-hetero) is 1. The van der Waals surface area contributed by atoms with Crippen LogP contribution in [0.5, 0.6) is 0 Å². The fourth-order valence-electron chi connectivity index (χ4n) is 2.25. The quantitative estimate of drug-likeness (QED) is 0.652. The normalized spacial score (nSPS) is 15.2. The molecule has 0 aliphatic rings. The summed E-state index contributed by atoms with van der Waals surface area (Å²) in [6.07, 6.45) is 5.32. The lowest BCUT2D eigenvalue weighted by Gasteiger charge is -2.28. The third kappa shape index (κ3) is 7.24. The molecule has 0 radical (unpaired) electrons. The highest BCUT2D eigenvalue weighted by Crippen LogP contribution is 2.22. The van der Waals surface area contributed by atoms with E-state index < -0.39 is 5.79 Å². The van der Waals surface area contributed by atoms with Crippen LogP contribution in [-0.2, 0) is 21.5 Å². The number of rotatable bonds is 10. The van der Waals surface area contributed by atoms with E-state index in [1.807, 2.05) is 38.6 Å². The second-order valence-corrected chi connectivity index (χ2v) is 8.62. The van der Waals surface area contributed by atoms with E-state index in [9.17, 15) is 9.90 Å². The Morgan fingerprint density at radius 1 is 1.24 bits per heavy atom. The van der Waals surface area contributed by atoms with Gasteiger partial charge in [-0.25, -0.2) is 4.68 Å². The molecule has 1 atom stereocenters. The summed E-state index contributed by atoms with van der Waals surface area (Å²) in [7, 11) is 0. The van der Waals surface area contributed by atoms with Gasteiger partial charge in [-0.05, 0) is 46.5 Å². The van der Waals surface area contributed by atoms with Crippen molar-refractivity contribution in [2.75, 3.05) is 6.61 Å². The lowest BCUT2D eigenvalue weighted by molar-refractivity contribution is -0.194. The molecule has 6 heteroatoms. The van der Waals surface area contributed by atoms with E-state index >= 15 is 0 Å². The third-order valence-corrected chi connectivity index (χ3v) is 4.62. The van der Waals surface area contributed by atoms with E-state index in [1.54, 1.807) is 6.92 Å². The van der Waals surface area contributed by atoms with Gasteiger partial charge in [0.25, 0.3) is 0 Å². The maximum Gasteiger partial charge on any atom is 0.162 e. The second kappa shape index (κ2) is 8.41. The van der Waals surface area contributed by atoms with Gasteiger partial charge in [0.2, 0.25) is 0 Å². The fourth-order valence-corrected chi connectivity index (χ4v) is 2.25. The predicted octanol–water partition coefficient (Wildman–Crippen LogP) is 3.48. The molecule has 0 spiro atoms. The van der Waals surface area contributed by atoms with Gasteiger partial charge >= 0.3 is 0 Å². The molecule has 1 aromatic rings. The summed E-state index contributed by atoms with van der Waals surface area (Å²) in [5.41, 5.74) is 0.367. The van der Waals surface area contributed by atoms with E-state index in [0.29, 0.717) is 25.9 Å². The van der Waals surface area contributed by atoms with E-state index in [-0.39, 0.29) is 16.7 Å². The number of aliphatic hydroxyl groups is 1. The molecule has 1 unspecified atom stereocenters. The summed E-state index contributed by atoms with van der Waals surface area (Å²) in [6, 6.07) is 0. The average Bonchev–Trinajstić information content (AvgIpc) is 2.95. The Labute approximate surface area is 152 Å². The van der Waals surface area contributed by atoms with Gasteiger partial charge in [-0.1, -0.05) is 32.9 Å². The van der Waals surface area contributed by atoms with Crippen LogP contribution in [0.1, 0.15) is 79.8 Å². The summed E-state index contributed by atoms with van der Waals surface area (Å²) >= 11 is 0. The molecule has 1 aromatic heterocycles. The Morgan fingerprint density at radius 2 is 1.88 bits per heavy atom. The van der Waals surface area contributed by atoms with Crippen molar-refractivity contribution < 1.29 is 14.6 Å². The van der Waals surface area contributed by atoms with Crippen molar-refractivity contribution in [1.82, 2.24) is 15.0 Å². The number of aromatic nitrogens is 3. The zero-order valence-corrected chi connectivity index (χ0v) is 16.9. The molecule has 1 heterocycles. The van der Waals surface area contributed by atoms with E-state index in [1.165, 1.54) is 0 Å². The molecule has 0 bridgehead atoms. The lowest BCUT2D eigenvalue weighted by Crippen LogP contribution is -2.33. The van der Waals surface area contributed by atoms with Crippen molar-refractivity contribution in [3.8, 4) is 0 Å². The van der Waals surface area contributed by atoms with Crippen molar-refractivity contribution in [1.29, 1.82) is 0 Å². The van der Waals surface area contributed by atoms with Crippen LogP contribution in [0.4, 0.5) is 0 Å². The number of aryl methyl sites for hydroxylation is 1. The Morgan fingerprint density at radius 3 is 2.44 bits per heavy atom. The minimum atomic E-state index is -1.08. The van der Waals surface area contributed by atoms with Crippen LogP contribution >= 0.6 is 0 Å². The molecule has 6 nitrogen and oxygen atoms in total. The van der Waals surface area contributed by atoms with Crippen molar-refractivity contribution in [3.05, 3.63) is 11.9 Å². The van der Waals surface area contributed by atoms with Gasteiger partial charge in [0.05, 0.1) is 17.8 Å². The Balaban J connectivity index is 2.51. The maximum atomic E-state index is 12.0. The molecule has 0 fully saturated rings. The van der Waals surface area contributed by atoms with Crippen molar-refractivity contribution in [2.24, 2.45) is 5.41 Å². The number of hydrogen-bond donors (Lipinski definition) is 1. The van der Waals surface area contributed by atoms with Gasteiger partial charge in [-0.15, -0.1) is 5.10 Å². The molecule has 0 saturated heterocycles. The maximum absolute atomic E-state index is 12.0. The van der Waals surface area contributed by atoms with Gasteiger partial charge < -0.3 is 9.84 Å². The number of carbonyl (C=O) groups excluding carboxylic acids is 1. The molecule has 0 aliphatic heterocycles. The van der Waals surface area contributed by atoms with Crippen LogP contribution in [0, 0.1) is 5.41 Å². The van der Waals surface area contributed by atoms with Crippen molar-refractivity contribution in [3.63, 3.8) is 0 Å². The number of ether oxygens (including phenoxy) is 1. The lowest BCUT2D eigenvalue weighted by atomic mass is 9.88. The van der Waals surface area contributed by atoms with Crippen molar-refractivity contribution in [2.45, 2.75) is 91.9 Å². The number of carbonyl (C=O) groups is 1. The highest BCUT2D eigenvalue weighted by molar-refractivity contribution is 5.83. The number of ketones is 1. The zero-order chi connectivity index (χ0) is 19.3. The molecule has 144 valence electrons. The summed E-state index contributed by atoms with van der Waals surface area (Å²) in [5, 5.41) is 18.4. The van der Waals surface area contributed by atoms with E-state index in [0.717, 1.165) is 18.5 Å². The summed E-state index contributed by atoms with van der Waals surface area (Å²) < 4.78 is 7.37. The molecule has 0 saturated carbocycles. The molecule has 1 rings (SSSR count). The highest BCUT2D eigenvalue weighted by Gasteiger charge is 2.25. The van der Waals surface area contributed by atoms with Gasteiger partial charge in [-0.3, -0.25) is 4.79 Å². The van der Waals surface area contributed by atoms with Crippen molar-refractivity contribution >= 4 is 5.78 Å². The average molecular weight is 354 g/mol. The predicted molar refractivity (Wildman–Crippen MR) is 98.2 cm³/mol. The standard InChI is InChI=1S/C19H35N3O3/c1-8-19(7,24)25-13-12-18(5,6)22-14-15(20-21-22)10-9-11-16(23)17(2,3)4/h14,24H,8-13H2,1-7H3. The van der Waals surface area contributed by atoms with Gasteiger partial charge in [0.1, 0.15) is 5.78 Å². The van der Waals surface area contributed by atoms with Crippen LogP contribution < -0.4 is 0 Å². The smallest absolute Gasteiger partial charge is 0.162 e. The molecule has 0 amide bonds. The minimum Gasteiger partial charge on any atom is -0.366 e. The Hall–Kier alpha value is -1.27. The van der Waals surface area contributed by atoms with Gasteiger partial charge in [-0.2, -0.15) is 0 Å². The molecule has 0 aliphatic carbocycles. The third-order valence-electron chi connectivity index (χ3n) is 4.62. The zero-order valence-electron chi connectivity index (χ0n) is 16.9. The first-order chi connectivity index (χ1) is 11.4. The first-order valence-corrected chi connectivity index (χ1v) is 9.19. The number of nitrogens with zero attached hydrogens (tertiary/aromatic N) is 3. The van der Waals surface area contributed by atoms with E-state index in [4.69, 9.17) is 4.74 Å². The molecular weight excluding hydrogens is 318 g/mol. The highest BCUT2D eigenvalue weighted by atomic mass is 16.6. The van der Waals surface area contributed by atoms with E-state index in [2.05, 4.69) is 24.2 Å². The Bertz CT molecular complexity index is 557. The Kier molecular flexibility index (Phi) is 7.32. The molecular formula is C19H35N3O3. The summed E-state index contributed by atoms with van der Waals surface area (Å²) in [5.74, 6) is -0.802. The van der Waals surface area contributed by atoms with Crippen LogP contribution in [0.25, 0.3) is 0 Å². The first kappa shape index (κ1) is 21.8. The topological polar surface area (TPSA) is 77.2 Å². The molecule has 0 aromatic carbocycles. The van der Waals surface area contributed by atoms with Crippen LogP contribution in [-0.4, -0.2) is 38.3 Å². The minimum absolute atomic E-state index is 0.254. The van der Waals surface area contributed by atoms with Crippen LogP contribution in [0.2, 0.25) is 0 Å². The summed E-state index contributed by atoms with van der Waals surface area (Å²) in [6.45, 7) is 14.0. The van der Waals surface area contributed by atoms with Crippen LogP contribution in [0.15, 0.2) is 6.20 Å².